The van der Waals surface area contributed by atoms with E-state index in [1.54, 1.807) is 36.4 Å². The Morgan fingerprint density at radius 1 is 0.413 bits per heavy atom. The molecule has 4 nitrogen and oxygen atoms in total. The van der Waals surface area contributed by atoms with E-state index < -0.39 is 162 Å². The predicted molar refractivity (Wildman–Crippen MR) is 287 cm³/mol. The topological polar surface area (TPSA) is 76.1 Å². The summed E-state index contributed by atoms with van der Waals surface area (Å²) in [6, 6.07) is -0.186. The zero-order valence-electron chi connectivity index (χ0n) is 59.2. The van der Waals surface area contributed by atoms with Gasteiger partial charge in [0.25, 0.3) is 0 Å². The monoisotopic (exact) mass is 967 g/mol. The van der Waals surface area contributed by atoms with Crippen LogP contribution in [0.4, 0.5) is 34.1 Å². The third-order valence-electron chi connectivity index (χ3n) is 9.27. The summed E-state index contributed by atoms with van der Waals surface area (Å²) in [5, 5.41) is 6.07. The van der Waals surface area contributed by atoms with E-state index in [4.69, 9.17) is 44.4 Å². The molecule has 0 spiro atoms. The Labute approximate surface area is 424 Å². The summed E-state index contributed by atoms with van der Waals surface area (Å²) in [5.41, 5.74) is 12.0. The Hall–Kier alpha value is -6.31. The van der Waals surface area contributed by atoms with Crippen molar-refractivity contribution in [2.45, 2.75) is 59.8 Å². The Morgan fingerprint density at radius 3 is 1.05 bits per heavy atom. The molecule has 6 N–H and O–H groups in total. The lowest BCUT2D eigenvalue weighted by molar-refractivity contribution is 0.590. The second-order valence-corrected chi connectivity index (χ2v) is 15.5. The van der Waals surface area contributed by atoms with Crippen LogP contribution in [0.5, 0.6) is 0 Å². The van der Waals surface area contributed by atoms with Gasteiger partial charge in [0.1, 0.15) is 0 Å². The Morgan fingerprint density at radius 2 is 0.714 bits per heavy atom. The minimum absolute atomic E-state index is 0. The molecule has 8 rings (SSSR count). The van der Waals surface area contributed by atoms with Gasteiger partial charge >= 0.3 is 0 Å². The summed E-state index contributed by atoms with van der Waals surface area (Å²) < 4.78 is 201. The average Bonchev–Trinajstić information content (AvgIpc) is 0.994. The molecule has 8 aromatic rings. The first kappa shape index (κ1) is 24.5. The van der Waals surface area contributed by atoms with Crippen molar-refractivity contribution in [2.75, 3.05) is 27.0 Å². The van der Waals surface area contributed by atoms with E-state index in [-0.39, 0.29) is 69.0 Å². The maximum absolute atomic E-state index is 8.71. The summed E-state index contributed by atoms with van der Waals surface area (Å²) in [6.45, 7) is 11.3. The second-order valence-electron chi connectivity index (χ2n) is 15.5. The van der Waals surface area contributed by atoms with Crippen LogP contribution in [-0.2, 0) is 10.8 Å². The number of nitrogens with one attached hydrogen (secondary N) is 2. The summed E-state index contributed by atoms with van der Waals surface area (Å²) in [4.78, 5) is 1.97. The Balaban J connectivity index is 0.000000306. The lowest BCUT2D eigenvalue weighted by atomic mass is 9.82. The molecule has 0 amide bonds. The zero-order chi connectivity index (χ0) is 65.2. The molecule has 0 atom stereocenters. The van der Waals surface area contributed by atoms with Crippen molar-refractivity contribution in [1.29, 1.82) is 0 Å². The molecule has 0 aliphatic heterocycles. The first-order valence-corrected chi connectivity index (χ1v) is 21.2. The van der Waals surface area contributed by atoms with Crippen LogP contribution < -0.4 is 22.1 Å². The SMILES string of the molecule is C.CI.[2H]c1c([2H])c([2H])c(-c2cc(C(C)(C)C)cc(-c3c([2H])c([2H])c([2H])c([2H])c3[2H])c2Nc2c([2H])c([2H])c([2H])c([2H])c2N)c([2H])c1[2H].[2H]c1c([2H])c([2H])c(-c2cc(C(C)(C)C)cc(-c3c([2H])c([2H])c([2H])c([2H])c3[2H])c2Nc2ccccc2N)c([2H])c1[2H]. The highest BCUT2D eigenvalue weighted by molar-refractivity contribution is 14.1. The molecule has 0 saturated heterocycles. The van der Waals surface area contributed by atoms with Crippen molar-refractivity contribution in [1.82, 2.24) is 0 Å². The first-order valence-electron chi connectivity index (χ1n) is 31.1. The van der Waals surface area contributed by atoms with Gasteiger partial charge in [0, 0.05) is 22.3 Å². The molecular formula is C58H63IN4. The van der Waals surface area contributed by atoms with Gasteiger partial charge in [-0.25, -0.2) is 0 Å². The molecule has 0 saturated carbocycles. The van der Waals surface area contributed by atoms with Crippen LogP contribution in [0, 0.1) is 0 Å². The highest BCUT2D eigenvalue weighted by atomic mass is 127. The standard InChI is InChI=1S/2C28H28N2.CH3I.CH4/c2*1-28(2,3)22-18-23(20-12-6-4-7-13-20)27(30-26-17-11-10-16-25(26)29)24(19-22)21-14-8-5-9-15-21;1-2;/h2*4-19,30H,29H2,1-3H3;1H3;1H4/i4D,5D,6D,7D,8D,9D,10D,11D,12D,13D,14D,15D,16D,17D;4D,5D,6D,7D,8D,9D,12D,13D,14D,15D;;. The molecule has 0 bridgehead atoms. The van der Waals surface area contributed by atoms with E-state index in [2.05, 4.69) is 33.2 Å². The number of hydrogen-bond donors (Lipinski definition) is 4. The van der Waals surface area contributed by atoms with Gasteiger partial charge in [-0.1, -0.05) is 217 Å². The number of halogens is 1. The van der Waals surface area contributed by atoms with Gasteiger partial charge in [-0.15, -0.1) is 0 Å². The minimum atomic E-state index is -0.669. The van der Waals surface area contributed by atoms with Crippen LogP contribution >= 0.6 is 22.6 Å². The number of benzene rings is 8. The van der Waals surface area contributed by atoms with Crippen molar-refractivity contribution in [2.24, 2.45) is 0 Å². The number of para-hydroxylation sites is 4. The number of alkyl halides is 1. The van der Waals surface area contributed by atoms with Crippen molar-refractivity contribution in [3.05, 3.63) is 205 Å². The smallest absolute Gasteiger partial charge is 0.0645 e. The molecule has 322 valence electrons. The van der Waals surface area contributed by atoms with Crippen molar-refractivity contribution < 1.29 is 32.9 Å². The molecule has 0 aliphatic rings. The molecule has 0 fully saturated rings. The molecule has 63 heavy (non-hydrogen) atoms. The van der Waals surface area contributed by atoms with Gasteiger partial charge in [0.2, 0.25) is 0 Å². The van der Waals surface area contributed by atoms with Crippen LogP contribution in [0.25, 0.3) is 44.5 Å². The third kappa shape index (κ3) is 12.0. The van der Waals surface area contributed by atoms with Gasteiger partial charge < -0.3 is 22.1 Å². The maximum atomic E-state index is 8.71. The van der Waals surface area contributed by atoms with Crippen LogP contribution in [0.3, 0.4) is 0 Å². The minimum Gasteiger partial charge on any atom is -0.397 e. The summed E-state index contributed by atoms with van der Waals surface area (Å²) in [6.07, 6.45) is 0. The number of nitrogens with two attached hydrogens (primary N) is 2. The molecule has 0 radical (unpaired) electrons. The van der Waals surface area contributed by atoms with Crippen LogP contribution in [0.2, 0.25) is 0 Å². The Bertz CT molecular complexity index is 3760. The summed E-state index contributed by atoms with van der Waals surface area (Å²) >= 11 is 2.15. The third-order valence-corrected chi connectivity index (χ3v) is 9.27. The Kier molecular flexibility index (Phi) is 8.43. The first-order chi connectivity index (χ1) is 39.8. The van der Waals surface area contributed by atoms with E-state index in [1.807, 2.05) is 46.5 Å². The van der Waals surface area contributed by atoms with E-state index in [0.717, 1.165) is 0 Å². The lowest BCUT2D eigenvalue weighted by Gasteiger charge is -2.25. The zero-order valence-corrected chi connectivity index (χ0v) is 37.3. The normalized spacial score (nSPS) is 16.2. The molecule has 0 heterocycles. The molecule has 0 unspecified atom stereocenters. The largest absolute Gasteiger partial charge is 0.397 e. The van der Waals surface area contributed by atoms with E-state index in [1.165, 1.54) is 12.1 Å². The summed E-state index contributed by atoms with van der Waals surface area (Å²) in [5.74, 6) is 0. The fourth-order valence-corrected chi connectivity index (χ4v) is 6.04. The van der Waals surface area contributed by atoms with Crippen LogP contribution in [-0.4, -0.2) is 4.93 Å². The van der Waals surface area contributed by atoms with E-state index in [0.29, 0.717) is 22.5 Å². The van der Waals surface area contributed by atoms with Crippen molar-refractivity contribution in [3.63, 3.8) is 0 Å². The van der Waals surface area contributed by atoms with Crippen molar-refractivity contribution in [3.8, 4) is 44.5 Å². The van der Waals surface area contributed by atoms with Gasteiger partial charge in [-0.2, -0.15) is 0 Å². The van der Waals surface area contributed by atoms with Gasteiger partial charge in [0.15, 0.2) is 0 Å². The predicted octanol–water partition coefficient (Wildman–Crippen LogP) is 17.0. The van der Waals surface area contributed by atoms with Crippen LogP contribution in [0.1, 0.15) is 93.0 Å². The number of hydrogen-bond acceptors (Lipinski definition) is 4. The fraction of sp³-hybridized carbons (Fsp3) is 0.172. The molecule has 0 aromatic heterocycles. The van der Waals surface area contributed by atoms with Gasteiger partial charge in [0.05, 0.1) is 67.0 Å². The second kappa shape index (κ2) is 21.7. The fourth-order valence-electron chi connectivity index (χ4n) is 6.04. The molecule has 5 heteroatoms. The van der Waals surface area contributed by atoms with Crippen molar-refractivity contribution >= 4 is 56.7 Å². The van der Waals surface area contributed by atoms with E-state index >= 15 is 0 Å². The number of anilines is 6. The van der Waals surface area contributed by atoms with E-state index in [9.17, 15) is 0 Å². The molecule has 0 aliphatic carbocycles. The molecular weight excluding hydrogens is 880 g/mol. The lowest BCUT2D eigenvalue weighted by Crippen LogP contribution is -2.12. The average molecular weight is 967 g/mol. The maximum Gasteiger partial charge on any atom is 0.0645 e. The van der Waals surface area contributed by atoms with Gasteiger partial charge in [-0.3, -0.25) is 0 Å². The number of rotatable bonds is 8. The molecule has 8 aromatic carbocycles. The highest BCUT2D eigenvalue weighted by Gasteiger charge is 2.23. The van der Waals surface area contributed by atoms with Crippen LogP contribution in [0.15, 0.2) is 194 Å². The van der Waals surface area contributed by atoms with Gasteiger partial charge in [-0.05, 0) is 97.6 Å². The quantitative estimate of drug-likeness (QED) is 0.0695. The highest BCUT2D eigenvalue weighted by Crippen LogP contribution is 2.45. The number of nitrogen functional groups attached to an aromatic ring is 2. The summed E-state index contributed by atoms with van der Waals surface area (Å²) in [7, 11) is 0.